The van der Waals surface area contributed by atoms with Crippen LogP contribution in [0.1, 0.15) is 125 Å². The van der Waals surface area contributed by atoms with E-state index in [-0.39, 0.29) is 87.7 Å². The molecule has 9 atom stereocenters. The molecule has 0 bridgehead atoms. The summed E-state index contributed by atoms with van der Waals surface area (Å²) in [4.78, 5) is 53.0. The molecule has 5 aliphatic carbocycles. The topological polar surface area (TPSA) is 97.7 Å². The molecular formula is C41H56O6. The molecule has 4 fully saturated rings. The van der Waals surface area contributed by atoms with Crippen molar-refractivity contribution in [3.05, 3.63) is 47.5 Å². The third kappa shape index (κ3) is 5.17. The van der Waals surface area contributed by atoms with Crippen LogP contribution in [-0.4, -0.2) is 28.6 Å². The predicted octanol–water partition coefficient (Wildman–Crippen LogP) is 8.76. The van der Waals surface area contributed by atoms with Gasteiger partial charge >= 0.3 is 11.9 Å². The van der Waals surface area contributed by atoms with E-state index in [1.807, 2.05) is 36.4 Å². The Kier molecular flexibility index (Phi) is 8.28. The number of allylic oxidation sites excluding steroid dienone is 2. The van der Waals surface area contributed by atoms with Gasteiger partial charge in [0.15, 0.2) is 5.78 Å². The van der Waals surface area contributed by atoms with Crippen molar-refractivity contribution in [1.29, 1.82) is 0 Å². The standard InChI is InChI=1S/C41H56O6/c1-36(2)27(30(42)13-14-33(44)45)15-17-39(5)32(36)16-18-41(7)34(39)31(43)23-28-29-24-38(4,20-19-37(29,3)21-22-40(28,41)6)35(46)47-25-26-11-9-8-10-12-26/h8-12,23,27,29,32,34H,13-22,24-25H2,1-7H3,(H,44,45)/t27-,29+,32+,34-,37-,38+,39+,40-,41-/m1/s1. The SMILES string of the molecule is CC1(C)[C@@H](C(=O)CCC(=O)O)CC[C@]2(C)[C@H]3C(=O)C=C4[C@@H]5C[C@@](C)(C(=O)OCc6ccccc6)CC[C@]5(C)CC[C@@]4(C)[C@]3(C)CC[C@@H]12. The highest BCUT2D eigenvalue weighted by Gasteiger charge is 2.70. The molecule has 1 aromatic carbocycles. The van der Waals surface area contributed by atoms with Crippen LogP contribution in [0.15, 0.2) is 42.0 Å². The van der Waals surface area contributed by atoms with Crippen molar-refractivity contribution in [2.45, 2.75) is 126 Å². The van der Waals surface area contributed by atoms with Gasteiger partial charge in [-0.15, -0.1) is 0 Å². The average Bonchev–Trinajstić information content (AvgIpc) is 3.00. The number of Topliss-reactive ketones (excluding diaryl/α,β-unsaturated/α-hetero) is 1. The first kappa shape index (κ1) is 34.1. The minimum Gasteiger partial charge on any atom is -0.481 e. The van der Waals surface area contributed by atoms with Crippen molar-refractivity contribution in [2.24, 2.45) is 56.2 Å². The number of hydrogen-bond acceptors (Lipinski definition) is 5. The molecular weight excluding hydrogens is 588 g/mol. The number of aliphatic carboxylic acids is 1. The highest BCUT2D eigenvalue weighted by atomic mass is 16.5. The van der Waals surface area contributed by atoms with Crippen LogP contribution >= 0.6 is 0 Å². The van der Waals surface area contributed by atoms with E-state index in [4.69, 9.17) is 4.74 Å². The normalized spacial score (nSPS) is 42.1. The summed E-state index contributed by atoms with van der Waals surface area (Å²) >= 11 is 0. The highest BCUT2D eigenvalue weighted by molar-refractivity contribution is 5.96. The van der Waals surface area contributed by atoms with Gasteiger partial charge in [0.1, 0.15) is 12.4 Å². The zero-order valence-electron chi connectivity index (χ0n) is 29.7. The van der Waals surface area contributed by atoms with Crippen LogP contribution < -0.4 is 0 Å². The number of fused-ring (bicyclic) bond motifs is 7. The lowest BCUT2D eigenvalue weighted by molar-refractivity contribution is -0.194. The van der Waals surface area contributed by atoms with E-state index in [1.54, 1.807) is 0 Å². The van der Waals surface area contributed by atoms with Gasteiger partial charge in [-0.2, -0.15) is 0 Å². The zero-order valence-corrected chi connectivity index (χ0v) is 29.7. The van der Waals surface area contributed by atoms with Gasteiger partial charge in [-0.1, -0.05) is 77.4 Å². The molecule has 6 rings (SSSR count). The Bertz CT molecular complexity index is 1490. The minimum atomic E-state index is -0.931. The van der Waals surface area contributed by atoms with Crippen molar-refractivity contribution in [1.82, 2.24) is 0 Å². The number of rotatable bonds is 7. The Hall–Kier alpha value is -2.76. The number of ether oxygens (including phenoxy) is 1. The highest BCUT2D eigenvalue weighted by Crippen LogP contribution is 2.75. The number of esters is 1. The fraction of sp³-hybridized carbons (Fsp3) is 0.707. The van der Waals surface area contributed by atoms with Gasteiger partial charge in [0.05, 0.1) is 11.8 Å². The summed E-state index contributed by atoms with van der Waals surface area (Å²) in [5.74, 6) is -0.723. The molecule has 47 heavy (non-hydrogen) atoms. The van der Waals surface area contributed by atoms with Gasteiger partial charge < -0.3 is 9.84 Å². The Morgan fingerprint density at radius 2 is 1.53 bits per heavy atom. The Balaban J connectivity index is 1.30. The zero-order chi connectivity index (χ0) is 34.2. The number of ketones is 2. The molecule has 0 heterocycles. The molecule has 0 aliphatic heterocycles. The van der Waals surface area contributed by atoms with Crippen molar-refractivity contribution in [2.75, 3.05) is 0 Å². The van der Waals surface area contributed by atoms with Gasteiger partial charge in [-0.05, 0) is 115 Å². The maximum Gasteiger partial charge on any atom is 0.312 e. The van der Waals surface area contributed by atoms with E-state index < -0.39 is 11.4 Å². The number of hydrogen-bond donors (Lipinski definition) is 1. The van der Waals surface area contributed by atoms with E-state index in [0.29, 0.717) is 12.8 Å². The summed E-state index contributed by atoms with van der Waals surface area (Å²) in [5.41, 5.74) is 0.768. The number of carboxylic acid groups (broad SMARTS) is 1. The van der Waals surface area contributed by atoms with Crippen molar-refractivity contribution < 1.29 is 29.0 Å². The lowest BCUT2D eigenvalue weighted by Gasteiger charge is -2.70. The van der Waals surface area contributed by atoms with Gasteiger partial charge in [0.2, 0.25) is 0 Å². The second kappa shape index (κ2) is 11.4. The molecule has 0 saturated heterocycles. The fourth-order valence-electron chi connectivity index (χ4n) is 12.2. The van der Waals surface area contributed by atoms with Gasteiger partial charge in [0.25, 0.3) is 0 Å². The number of carbonyl (C=O) groups is 4. The number of benzene rings is 1. The van der Waals surface area contributed by atoms with E-state index >= 15 is 0 Å². The Labute approximate surface area is 281 Å². The monoisotopic (exact) mass is 644 g/mol. The van der Waals surface area contributed by atoms with Crippen LogP contribution in [0.2, 0.25) is 0 Å². The third-order valence-electron chi connectivity index (χ3n) is 15.3. The average molecular weight is 645 g/mol. The van der Waals surface area contributed by atoms with Gasteiger partial charge in [0, 0.05) is 18.3 Å². The van der Waals surface area contributed by atoms with E-state index in [0.717, 1.165) is 50.5 Å². The summed E-state index contributed by atoms with van der Waals surface area (Å²) in [5, 5.41) is 9.22. The third-order valence-corrected chi connectivity index (χ3v) is 15.3. The molecule has 5 aliphatic rings. The predicted molar refractivity (Wildman–Crippen MR) is 181 cm³/mol. The van der Waals surface area contributed by atoms with E-state index in [1.165, 1.54) is 5.57 Å². The lowest BCUT2D eigenvalue weighted by Crippen LogP contribution is -2.66. The summed E-state index contributed by atoms with van der Waals surface area (Å²) in [6.07, 6.45) is 9.98. The molecule has 6 heteroatoms. The molecule has 1 N–H and O–H groups in total. The lowest BCUT2D eigenvalue weighted by atomic mass is 9.33. The second-order valence-electron chi connectivity index (χ2n) is 18.1. The molecule has 6 nitrogen and oxygen atoms in total. The maximum atomic E-state index is 14.7. The van der Waals surface area contributed by atoms with Crippen molar-refractivity contribution >= 4 is 23.5 Å². The summed E-state index contributed by atoms with van der Waals surface area (Å²) in [6, 6.07) is 9.85. The Morgan fingerprint density at radius 1 is 0.851 bits per heavy atom. The van der Waals surface area contributed by atoms with Crippen LogP contribution in [0.3, 0.4) is 0 Å². The number of carboxylic acids is 1. The molecule has 4 saturated carbocycles. The maximum absolute atomic E-state index is 14.7. The van der Waals surface area contributed by atoms with Crippen LogP contribution in [0.25, 0.3) is 0 Å². The van der Waals surface area contributed by atoms with Crippen LogP contribution in [0.4, 0.5) is 0 Å². The summed E-state index contributed by atoms with van der Waals surface area (Å²) in [7, 11) is 0. The molecule has 256 valence electrons. The first-order valence-corrected chi connectivity index (χ1v) is 18.1. The van der Waals surface area contributed by atoms with Gasteiger partial charge in [-0.3, -0.25) is 19.2 Å². The molecule has 0 amide bonds. The van der Waals surface area contributed by atoms with Crippen LogP contribution in [0.5, 0.6) is 0 Å². The first-order valence-electron chi connectivity index (χ1n) is 18.1. The smallest absolute Gasteiger partial charge is 0.312 e. The van der Waals surface area contributed by atoms with Gasteiger partial charge in [-0.25, -0.2) is 0 Å². The Morgan fingerprint density at radius 3 is 2.21 bits per heavy atom. The van der Waals surface area contributed by atoms with Crippen LogP contribution in [0, 0.1) is 56.2 Å². The molecule has 0 unspecified atom stereocenters. The van der Waals surface area contributed by atoms with E-state index in [2.05, 4.69) is 48.5 Å². The van der Waals surface area contributed by atoms with Crippen molar-refractivity contribution in [3.63, 3.8) is 0 Å². The second-order valence-corrected chi connectivity index (χ2v) is 18.1. The number of carbonyl (C=O) groups excluding carboxylic acids is 3. The molecule has 0 aromatic heterocycles. The quantitative estimate of drug-likeness (QED) is 0.298. The summed E-state index contributed by atoms with van der Waals surface area (Å²) in [6.45, 7) is 16.3. The minimum absolute atomic E-state index is 0.0471. The van der Waals surface area contributed by atoms with Crippen molar-refractivity contribution in [3.8, 4) is 0 Å². The summed E-state index contributed by atoms with van der Waals surface area (Å²) < 4.78 is 5.94. The molecule has 1 aromatic rings. The molecule has 0 radical (unpaired) electrons. The fourth-order valence-corrected chi connectivity index (χ4v) is 12.2. The molecule has 0 spiro atoms. The largest absolute Gasteiger partial charge is 0.481 e. The first-order chi connectivity index (χ1) is 21.9. The van der Waals surface area contributed by atoms with E-state index in [9.17, 15) is 24.3 Å². The van der Waals surface area contributed by atoms with Crippen LogP contribution in [-0.2, 0) is 30.5 Å².